The number of nitrogens with zero attached hydrogens (tertiary/aromatic N) is 2. The third kappa shape index (κ3) is 3.06. The summed E-state index contributed by atoms with van der Waals surface area (Å²) in [4.78, 5) is 40.7. The summed E-state index contributed by atoms with van der Waals surface area (Å²) in [6.45, 7) is 4.14. The Morgan fingerprint density at radius 2 is 1.57 bits per heavy atom. The number of carbonyl (C=O) groups is 3. The van der Waals surface area contributed by atoms with E-state index in [0.29, 0.717) is 6.54 Å². The molecule has 126 valence electrons. The molecule has 0 spiro atoms. The van der Waals surface area contributed by atoms with E-state index in [0.717, 1.165) is 51.4 Å². The van der Waals surface area contributed by atoms with E-state index in [1.807, 2.05) is 4.90 Å². The first-order valence-electron chi connectivity index (χ1n) is 8.89. The molecule has 0 radical (unpaired) electrons. The van der Waals surface area contributed by atoms with Crippen molar-refractivity contribution in [1.82, 2.24) is 9.80 Å². The van der Waals surface area contributed by atoms with E-state index < -0.39 is 0 Å². The molecule has 3 rings (SSSR count). The average molecular weight is 318 g/mol. The van der Waals surface area contributed by atoms with Crippen molar-refractivity contribution in [3.8, 4) is 0 Å². The van der Waals surface area contributed by atoms with E-state index in [9.17, 15) is 14.4 Å². The summed E-state index contributed by atoms with van der Waals surface area (Å²) >= 11 is 0. The molecule has 1 aliphatic heterocycles. The molecule has 0 unspecified atom stereocenters. The predicted molar refractivity (Wildman–Crippen MR) is 86.3 cm³/mol. The molecule has 2 aliphatic carbocycles. The Morgan fingerprint density at radius 3 is 2.09 bits per heavy atom. The maximum atomic E-state index is 12.7. The van der Waals surface area contributed by atoms with Crippen LogP contribution in [-0.4, -0.2) is 46.7 Å². The Bertz CT molecular complexity index is 486. The second-order valence-electron chi connectivity index (χ2n) is 7.03. The topological polar surface area (TPSA) is 57.7 Å². The van der Waals surface area contributed by atoms with Crippen LogP contribution in [0.4, 0.5) is 0 Å². The number of carbonyl (C=O) groups excluding carboxylic acids is 3. The molecule has 3 aliphatic rings. The summed E-state index contributed by atoms with van der Waals surface area (Å²) in [6.07, 6.45) is 9.61. The summed E-state index contributed by atoms with van der Waals surface area (Å²) in [6, 6.07) is 0.232. The van der Waals surface area contributed by atoms with Crippen LogP contribution in [0.1, 0.15) is 51.4 Å². The van der Waals surface area contributed by atoms with Gasteiger partial charge in [-0.25, -0.2) is 0 Å². The Kier molecular flexibility index (Phi) is 4.83. The zero-order chi connectivity index (χ0) is 16.4. The zero-order valence-electron chi connectivity index (χ0n) is 13.7. The van der Waals surface area contributed by atoms with Crippen LogP contribution in [0, 0.1) is 11.8 Å². The number of amides is 3. The van der Waals surface area contributed by atoms with Crippen LogP contribution >= 0.6 is 0 Å². The summed E-state index contributed by atoms with van der Waals surface area (Å²) in [5.41, 5.74) is 0. The Labute approximate surface area is 137 Å². The summed E-state index contributed by atoms with van der Waals surface area (Å²) in [7, 11) is 0. The van der Waals surface area contributed by atoms with Gasteiger partial charge in [0, 0.05) is 12.6 Å². The van der Waals surface area contributed by atoms with E-state index in [1.165, 1.54) is 4.90 Å². The van der Waals surface area contributed by atoms with Crippen molar-refractivity contribution in [3.05, 3.63) is 12.7 Å². The van der Waals surface area contributed by atoms with Gasteiger partial charge < -0.3 is 4.90 Å². The molecule has 1 saturated heterocycles. The van der Waals surface area contributed by atoms with E-state index in [4.69, 9.17) is 0 Å². The number of imide groups is 1. The van der Waals surface area contributed by atoms with Crippen molar-refractivity contribution >= 4 is 17.7 Å². The van der Waals surface area contributed by atoms with Crippen molar-refractivity contribution < 1.29 is 14.4 Å². The first kappa shape index (κ1) is 16.2. The molecule has 0 aromatic rings. The average Bonchev–Trinajstić information content (AvgIpc) is 3.16. The SMILES string of the molecule is C=CCN(C(=O)CN1C(=O)[C@H]2CCCC[C@H]2C1=O)C1CCCC1. The minimum Gasteiger partial charge on any atom is -0.334 e. The second kappa shape index (κ2) is 6.85. The van der Waals surface area contributed by atoms with Gasteiger partial charge in [0.2, 0.25) is 17.7 Å². The molecular weight excluding hydrogens is 292 g/mol. The molecule has 5 nitrogen and oxygen atoms in total. The highest BCUT2D eigenvalue weighted by atomic mass is 16.2. The lowest BCUT2D eigenvalue weighted by Gasteiger charge is -2.29. The van der Waals surface area contributed by atoms with Gasteiger partial charge in [-0.3, -0.25) is 19.3 Å². The molecular formula is C18H26N2O3. The molecule has 0 N–H and O–H groups in total. The number of hydrogen-bond donors (Lipinski definition) is 0. The van der Waals surface area contributed by atoms with Gasteiger partial charge in [-0.2, -0.15) is 0 Å². The number of likely N-dealkylation sites (tertiary alicyclic amines) is 1. The van der Waals surface area contributed by atoms with Gasteiger partial charge in [0.1, 0.15) is 6.54 Å². The molecule has 0 aromatic heterocycles. The van der Waals surface area contributed by atoms with Crippen molar-refractivity contribution in [2.75, 3.05) is 13.1 Å². The van der Waals surface area contributed by atoms with Gasteiger partial charge in [-0.15, -0.1) is 6.58 Å². The fourth-order valence-electron chi connectivity index (χ4n) is 4.42. The zero-order valence-corrected chi connectivity index (χ0v) is 13.7. The quantitative estimate of drug-likeness (QED) is 0.576. The molecule has 5 heteroatoms. The van der Waals surface area contributed by atoms with Crippen molar-refractivity contribution in [2.45, 2.75) is 57.4 Å². The maximum Gasteiger partial charge on any atom is 0.243 e. The van der Waals surface area contributed by atoms with Crippen molar-refractivity contribution in [2.24, 2.45) is 11.8 Å². The van der Waals surface area contributed by atoms with Gasteiger partial charge in [0.15, 0.2) is 0 Å². The molecule has 2 saturated carbocycles. The largest absolute Gasteiger partial charge is 0.334 e. The number of fused-ring (bicyclic) bond motifs is 1. The lowest BCUT2D eigenvalue weighted by atomic mass is 9.81. The highest BCUT2D eigenvalue weighted by molar-refractivity contribution is 6.07. The molecule has 0 aromatic carbocycles. The first-order valence-corrected chi connectivity index (χ1v) is 8.89. The van der Waals surface area contributed by atoms with Gasteiger partial charge in [0.25, 0.3) is 0 Å². The fraction of sp³-hybridized carbons (Fsp3) is 0.722. The monoisotopic (exact) mass is 318 g/mol. The summed E-state index contributed by atoms with van der Waals surface area (Å²) in [5, 5.41) is 0. The van der Waals surface area contributed by atoms with E-state index >= 15 is 0 Å². The van der Waals surface area contributed by atoms with Crippen LogP contribution in [0.5, 0.6) is 0 Å². The molecule has 3 amide bonds. The molecule has 1 heterocycles. The van der Waals surface area contributed by atoms with Gasteiger partial charge in [-0.05, 0) is 25.7 Å². The number of hydrogen-bond acceptors (Lipinski definition) is 3. The van der Waals surface area contributed by atoms with E-state index in [-0.39, 0.29) is 42.1 Å². The van der Waals surface area contributed by atoms with E-state index in [2.05, 4.69) is 6.58 Å². The van der Waals surface area contributed by atoms with Crippen LogP contribution < -0.4 is 0 Å². The molecule has 3 fully saturated rings. The predicted octanol–water partition coefficient (Wildman–Crippen LogP) is 2.12. The van der Waals surface area contributed by atoms with Crippen LogP contribution in [0.3, 0.4) is 0 Å². The highest BCUT2D eigenvalue weighted by Crippen LogP contribution is 2.38. The normalized spacial score (nSPS) is 28.1. The van der Waals surface area contributed by atoms with Crippen LogP contribution in [0.15, 0.2) is 12.7 Å². The standard InChI is InChI=1S/C18H26N2O3/c1-2-11-19(13-7-3-4-8-13)16(21)12-20-17(22)14-9-5-6-10-15(14)18(20)23/h2,13-15H,1,3-12H2/t14-,15+. The second-order valence-corrected chi connectivity index (χ2v) is 7.03. The molecule has 0 bridgehead atoms. The van der Waals surface area contributed by atoms with Gasteiger partial charge in [-0.1, -0.05) is 31.8 Å². The summed E-state index contributed by atoms with van der Waals surface area (Å²) < 4.78 is 0. The molecule has 23 heavy (non-hydrogen) atoms. The minimum absolute atomic E-state index is 0.0883. The van der Waals surface area contributed by atoms with Gasteiger partial charge in [0.05, 0.1) is 11.8 Å². The fourth-order valence-corrected chi connectivity index (χ4v) is 4.42. The third-order valence-electron chi connectivity index (χ3n) is 5.64. The Balaban J connectivity index is 1.69. The number of rotatable bonds is 5. The highest BCUT2D eigenvalue weighted by Gasteiger charge is 2.48. The minimum atomic E-state index is -0.177. The molecule has 2 atom stereocenters. The Morgan fingerprint density at radius 1 is 1.04 bits per heavy atom. The lowest BCUT2D eigenvalue weighted by Crippen LogP contribution is -2.46. The first-order chi connectivity index (χ1) is 11.1. The summed E-state index contributed by atoms with van der Waals surface area (Å²) in [5.74, 6) is -0.722. The maximum absolute atomic E-state index is 12.7. The van der Waals surface area contributed by atoms with Crippen LogP contribution in [0.25, 0.3) is 0 Å². The Hall–Kier alpha value is -1.65. The van der Waals surface area contributed by atoms with Crippen molar-refractivity contribution in [1.29, 1.82) is 0 Å². The smallest absolute Gasteiger partial charge is 0.243 e. The van der Waals surface area contributed by atoms with Crippen molar-refractivity contribution in [3.63, 3.8) is 0 Å². The van der Waals surface area contributed by atoms with E-state index in [1.54, 1.807) is 6.08 Å². The van der Waals surface area contributed by atoms with Gasteiger partial charge >= 0.3 is 0 Å². The van der Waals surface area contributed by atoms with Crippen LogP contribution in [0.2, 0.25) is 0 Å². The lowest BCUT2D eigenvalue weighted by molar-refractivity contribution is -0.147. The van der Waals surface area contributed by atoms with Crippen LogP contribution in [-0.2, 0) is 14.4 Å². The third-order valence-corrected chi connectivity index (χ3v) is 5.64.